The SMILES string of the molecule is CN1CC[C@@H](OCc2ccc3c(c2)OCO3)C1. The molecule has 0 aliphatic carbocycles. The van der Waals surface area contributed by atoms with Gasteiger partial charge in [0.15, 0.2) is 11.5 Å². The van der Waals surface area contributed by atoms with Crippen LogP contribution in [-0.2, 0) is 11.3 Å². The second kappa shape index (κ2) is 4.55. The molecule has 0 amide bonds. The van der Waals surface area contributed by atoms with Gasteiger partial charge in [-0.15, -0.1) is 0 Å². The minimum Gasteiger partial charge on any atom is -0.454 e. The number of likely N-dealkylation sites (tertiary alicyclic amines) is 1. The summed E-state index contributed by atoms with van der Waals surface area (Å²) in [7, 11) is 2.13. The van der Waals surface area contributed by atoms with Crippen LogP contribution in [0.4, 0.5) is 0 Å². The molecule has 1 aromatic carbocycles. The van der Waals surface area contributed by atoms with E-state index in [1.807, 2.05) is 18.2 Å². The van der Waals surface area contributed by atoms with E-state index < -0.39 is 0 Å². The molecule has 4 nitrogen and oxygen atoms in total. The molecule has 2 aliphatic rings. The number of nitrogens with zero attached hydrogens (tertiary/aromatic N) is 1. The topological polar surface area (TPSA) is 30.9 Å². The molecule has 1 aromatic rings. The van der Waals surface area contributed by atoms with E-state index in [0.29, 0.717) is 19.5 Å². The molecule has 1 fully saturated rings. The predicted molar refractivity (Wildman–Crippen MR) is 63.3 cm³/mol. The Morgan fingerprint density at radius 2 is 2.24 bits per heavy atom. The van der Waals surface area contributed by atoms with E-state index in [2.05, 4.69) is 11.9 Å². The molecule has 1 atom stereocenters. The zero-order valence-electron chi connectivity index (χ0n) is 10.0. The van der Waals surface area contributed by atoms with Gasteiger partial charge in [-0.05, 0) is 31.2 Å². The Kier molecular flexibility index (Phi) is 2.91. The van der Waals surface area contributed by atoms with Crippen molar-refractivity contribution in [2.24, 2.45) is 0 Å². The van der Waals surface area contributed by atoms with Crippen molar-refractivity contribution in [3.63, 3.8) is 0 Å². The smallest absolute Gasteiger partial charge is 0.231 e. The number of ether oxygens (including phenoxy) is 3. The summed E-state index contributed by atoms with van der Waals surface area (Å²) in [5, 5.41) is 0. The van der Waals surface area contributed by atoms with E-state index in [-0.39, 0.29) is 0 Å². The van der Waals surface area contributed by atoms with Crippen LogP contribution < -0.4 is 9.47 Å². The molecule has 0 bridgehead atoms. The number of likely N-dealkylation sites (N-methyl/N-ethyl adjacent to an activating group) is 1. The molecule has 4 heteroatoms. The van der Waals surface area contributed by atoms with Crippen LogP contribution >= 0.6 is 0 Å². The van der Waals surface area contributed by atoms with Crippen LogP contribution in [-0.4, -0.2) is 37.9 Å². The highest BCUT2D eigenvalue weighted by Crippen LogP contribution is 2.32. The van der Waals surface area contributed by atoms with Gasteiger partial charge in [0.25, 0.3) is 0 Å². The Morgan fingerprint density at radius 3 is 3.06 bits per heavy atom. The monoisotopic (exact) mass is 235 g/mol. The molecule has 0 unspecified atom stereocenters. The molecule has 0 aromatic heterocycles. The maximum atomic E-state index is 5.88. The summed E-state index contributed by atoms with van der Waals surface area (Å²) in [6, 6.07) is 5.98. The Labute approximate surface area is 101 Å². The zero-order valence-corrected chi connectivity index (χ0v) is 10.0. The van der Waals surface area contributed by atoms with Crippen LogP contribution in [0.2, 0.25) is 0 Å². The summed E-state index contributed by atoms with van der Waals surface area (Å²) in [5.74, 6) is 1.66. The number of benzene rings is 1. The molecular formula is C13H17NO3. The van der Waals surface area contributed by atoms with Crippen LogP contribution in [0.1, 0.15) is 12.0 Å². The van der Waals surface area contributed by atoms with Gasteiger partial charge in [0.2, 0.25) is 6.79 Å². The van der Waals surface area contributed by atoms with Gasteiger partial charge in [-0.3, -0.25) is 0 Å². The standard InChI is InChI=1S/C13H17NO3/c1-14-5-4-11(7-14)15-8-10-2-3-12-13(6-10)17-9-16-12/h2-3,6,11H,4-5,7-9H2,1H3/t11-/m1/s1. The minimum absolute atomic E-state index is 0.326. The zero-order chi connectivity index (χ0) is 11.7. The Hall–Kier alpha value is -1.26. The number of hydrogen-bond acceptors (Lipinski definition) is 4. The fourth-order valence-corrected chi connectivity index (χ4v) is 2.28. The molecule has 2 heterocycles. The average molecular weight is 235 g/mol. The van der Waals surface area contributed by atoms with Crippen molar-refractivity contribution in [1.82, 2.24) is 4.90 Å². The summed E-state index contributed by atoms with van der Waals surface area (Å²) < 4.78 is 16.5. The maximum absolute atomic E-state index is 5.88. The van der Waals surface area contributed by atoms with Crippen LogP contribution in [0.15, 0.2) is 18.2 Å². The van der Waals surface area contributed by atoms with E-state index in [1.165, 1.54) is 0 Å². The van der Waals surface area contributed by atoms with E-state index >= 15 is 0 Å². The quantitative estimate of drug-likeness (QED) is 0.797. The van der Waals surface area contributed by atoms with Gasteiger partial charge in [0, 0.05) is 13.1 Å². The molecule has 0 spiro atoms. The van der Waals surface area contributed by atoms with Crippen molar-refractivity contribution in [2.75, 3.05) is 26.9 Å². The Balaban J connectivity index is 1.58. The third-order valence-electron chi connectivity index (χ3n) is 3.27. The van der Waals surface area contributed by atoms with Crippen LogP contribution in [0.3, 0.4) is 0 Å². The van der Waals surface area contributed by atoms with Crippen molar-refractivity contribution >= 4 is 0 Å². The molecule has 0 saturated carbocycles. The minimum atomic E-state index is 0.326. The van der Waals surface area contributed by atoms with Gasteiger partial charge in [-0.1, -0.05) is 6.07 Å². The summed E-state index contributed by atoms with van der Waals surface area (Å²) >= 11 is 0. The van der Waals surface area contributed by atoms with E-state index in [4.69, 9.17) is 14.2 Å². The highest BCUT2D eigenvalue weighted by atomic mass is 16.7. The van der Waals surface area contributed by atoms with Gasteiger partial charge >= 0.3 is 0 Å². The lowest BCUT2D eigenvalue weighted by Gasteiger charge is -2.12. The lowest BCUT2D eigenvalue weighted by Crippen LogP contribution is -2.18. The number of fused-ring (bicyclic) bond motifs is 1. The van der Waals surface area contributed by atoms with Gasteiger partial charge in [-0.25, -0.2) is 0 Å². The summed E-state index contributed by atoms with van der Waals surface area (Å²) in [6.07, 6.45) is 1.49. The second-order valence-corrected chi connectivity index (χ2v) is 4.67. The average Bonchev–Trinajstić information content (AvgIpc) is 2.94. The lowest BCUT2D eigenvalue weighted by atomic mass is 10.2. The fourth-order valence-electron chi connectivity index (χ4n) is 2.28. The summed E-state index contributed by atoms with van der Waals surface area (Å²) in [4.78, 5) is 2.30. The maximum Gasteiger partial charge on any atom is 0.231 e. The van der Waals surface area contributed by atoms with E-state index in [0.717, 1.165) is 36.6 Å². The molecule has 92 valence electrons. The van der Waals surface area contributed by atoms with Crippen molar-refractivity contribution < 1.29 is 14.2 Å². The van der Waals surface area contributed by atoms with Gasteiger partial charge < -0.3 is 19.1 Å². The van der Waals surface area contributed by atoms with Crippen LogP contribution in [0, 0.1) is 0 Å². The molecule has 3 rings (SSSR count). The molecule has 0 N–H and O–H groups in total. The Morgan fingerprint density at radius 1 is 1.35 bits per heavy atom. The second-order valence-electron chi connectivity index (χ2n) is 4.67. The summed E-state index contributed by atoms with van der Waals surface area (Å²) in [6.45, 7) is 3.14. The fraction of sp³-hybridized carbons (Fsp3) is 0.538. The van der Waals surface area contributed by atoms with Crippen LogP contribution in [0.25, 0.3) is 0 Å². The van der Waals surface area contributed by atoms with Crippen molar-refractivity contribution in [1.29, 1.82) is 0 Å². The Bertz CT molecular complexity index is 408. The van der Waals surface area contributed by atoms with Gasteiger partial charge in [0.05, 0.1) is 12.7 Å². The summed E-state index contributed by atoms with van der Waals surface area (Å²) in [5.41, 5.74) is 1.14. The van der Waals surface area contributed by atoms with Crippen molar-refractivity contribution in [3.05, 3.63) is 23.8 Å². The largest absolute Gasteiger partial charge is 0.454 e. The molecule has 0 radical (unpaired) electrons. The third kappa shape index (κ3) is 2.37. The normalized spacial score (nSPS) is 23.2. The molecule has 17 heavy (non-hydrogen) atoms. The highest BCUT2D eigenvalue weighted by molar-refractivity contribution is 5.44. The molecule has 2 aliphatic heterocycles. The third-order valence-corrected chi connectivity index (χ3v) is 3.27. The number of hydrogen-bond donors (Lipinski definition) is 0. The van der Waals surface area contributed by atoms with Gasteiger partial charge in [0.1, 0.15) is 0 Å². The first-order valence-electron chi connectivity index (χ1n) is 6.00. The number of rotatable bonds is 3. The van der Waals surface area contributed by atoms with Crippen LogP contribution in [0.5, 0.6) is 11.5 Å². The van der Waals surface area contributed by atoms with Crippen molar-refractivity contribution in [3.8, 4) is 11.5 Å². The first-order chi connectivity index (χ1) is 8.31. The predicted octanol–water partition coefficient (Wildman–Crippen LogP) is 1.64. The first-order valence-corrected chi connectivity index (χ1v) is 6.00. The van der Waals surface area contributed by atoms with E-state index in [1.54, 1.807) is 0 Å². The van der Waals surface area contributed by atoms with Gasteiger partial charge in [-0.2, -0.15) is 0 Å². The highest BCUT2D eigenvalue weighted by Gasteiger charge is 2.20. The molecular weight excluding hydrogens is 218 g/mol. The van der Waals surface area contributed by atoms with E-state index in [9.17, 15) is 0 Å². The first kappa shape index (κ1) is 10.9. The molecule has 1 saturated heterocycles. The lowest BCUT2D eigenvalue weighted by molar-refractivity contribution is 0.0483. The van der Waals surface area contributed by atoms with Crippen molar-refractivity contribution in [2.45, 2.75) is 19.1 Å².